The molecule has 3 aromatic rings. The van der Waals surface area contributed by atoms with E-state index in [1.807, 2.05) is 24.3 Å². The number of hydrogen-bond acceptors (Lipinski definition) is 5. The van der Waals surface area contributed by atoms with E-state index < -0.39 is 17.1 Å². The Labute approximate surface area is 148 Å². The fraction of sp³-hybridized carbons (Fsp3) is 0.0526. The summed E-state index contributed by atoms with van der Waals surface area (Å²) in [6.07, 6.45) is 1.14. The number of aromatic hydroxyl groups is 1. The van der Waals surface area contributed by atoms with Crippen LogP contribution in [0.3, 0.4) is 0 Å². The van der Waals surface area contributed by atoms with E-state index >= 15 is 0 Å². The van der Waals surface area contributed by atoms with Crippen molar-refractivity contribution in [3.63, 3.8) is 0 Å². The number of hydrogen-bond donors (Lipinski definition) is 2. The van der Waals surface area contributed by atoms with Gasteiger partial charge in [0.2, 0.25) is 5.88 Å². The summed E-state index contributed by atoms with van der Waals surface area (Å²) in [6.45, 7) is 0.0951. The van der Waals surface area contributed by atoms with Gasteiger partial charge in [0.15, 0.2) is 0 Å². The minimum atomic E-state index is -0.755. The molecule has 0 bridgehead atoms. The molecule has 0 unspecified atom stereocenters. The lowest BCUT2D eigenvalue weighted by atomic mass is 10.2. The van der Waals surface area contributed by atoms with Crippen molar-refractivity contribution in [1.82, 2.24) is 9.55 Å². The summed E-state index contributed by atoms with van der Waals surface area (Å²) in [6, 6.07) is 17.7. The number of benzene rings is 2. The van der Waals surface area contributed by atoms with Crippen LogP contribution in [0.15, 0.2) is 69.2 Å². The highest BCUT2D eigenvalue weighted by molar-refractivity contribution is 5.84. The molecule has 2 N–H and O–H groups in total. The summed E-state index contributed by atoms with van der Waals surface area (Å²) >= 11 is 0. The molecular weight excluding hydrogens is 332 g/mol. The van der Waals surface area contributed by atoms with Crippen LogP contribution < -0.4 is 11.2 Å². The lowest BCUT2D eigenvalue weighted by Crippen LogP contribution is -2.32. The van der Waals surface area contributed by atoms with Crippen molar-refractivity contribution in [3.05, 3.63) is 92.1 Å². The minimum Gasteiger partial charge on any atom is -0.494 e. The zero-order chi connectivity index (χ0) is 18.5. The van der Waals surface area contributed by atoms with E-state index in [0.717, 1.165) is 16.3 Å². The number of aromatic amines is 1. The molecule has 2 aromatic carbocycles. The maximum absolute atomic E-state index is 12.1. The van der Waals surface area contributed by atoms with E-state index in [0.29, 0.717) is 11.3 Å². The Bertz CT molecular complexity index is 1120. The van der Waals surface area contributed by atoms with Gasteiger partial charge >= 0.3 is 5.69 Å². The number of aromatic nitrogens is 2. The molecule has 0 spiro atoms. The third-order valence-electron chi connectivity index (χ3n) is 3.75. The third kappa shape index (κ3) is 3.44. The molecule has 3 rings (SSSR count). The summed E-state index contributed by atoms with van der Waals surface area (Å²) in [5, 5.41) is 19.5. The number of nitrogens with one attached hydrogen (secondary N) is 1. The predicted octanol–water partition coefficient (Wildman–Crippen LogP) is 1.91. The van der Waals surface area contributed by atoms with E-state index in [-0.39, 0.29) is 12.1 Å². The molecule has 1 heterocycles. The summed E-state index contributed by atoms with van der Waals surface area (Å²) < 4.78 is 1.05. The van der Waals surface area contributed by atoms with Crippen LogP contribution in [0.5, 0.6) is 5.88 Å². The van der Waals surface area contributed by atoms with Gasteiger partial charge in [0, 0.05) is 6.21 Å². The summed E-state index contributed by atoms with van der Waals surface area (Å²) in [4.78, 5) is 30.4. The number of nitrogens with zero attached hydrogens (tertiary/aromatic N) is 3. The van der Waals surface area contributed by atoms with Crippen molar-refractivity contribution in [3.8, 4) is 11.9 Å². The van der Waals surface area contributed by atoms with Crippen LogP contribution in [0.2, 0.25) is 0 Å². The topological polar surface area (TPSA) is 111 Å². The molecule has 0 radical (unpaired) electrons. The van der Waals surface area contributed by atoms with Gasteiger partial charge in [0.1, 0.15) is 11.6 Å². The maximum Gasteiger partial charge on any atom is 0.331 e. The van der Waals surface area contributed by atoms with E-state index in [1.165, 1.54) is 0 Å². The molecule has 26 heavy (non-hydrogen) atoms. The molecule has 0 fully saturated rings. The lowest BCUT2D eigenvalue weighted by Gasteiger charge is -2.09. The Balaban J connectivity index is 2.04. The Kier molecular flexibility index (Phi) is 4.76. The van der Waals surface area contributed by atoms with Crippen molar-refractivity contribution >= 4 is 11.9 Å². The van der Waals surface area contributed by atoms with Crippen LogP contribution >= 0.6 is 0 Å². The van der Waals surface area contributed by atoms with Crippen molar-refractivity contribution in [1.29, 1.82) is 5.26 Å². The van der Waals surface area contributed by atoms with Crippen LogP contribution in [0.1, 0.15) is 16.7 Å². The Morgan fingerprint density at radius 3 is 2.54 bits per heavy atom. The largest absolute Gasteiger partial charge is 0.494 e. The van der Waals surface area contributed by atoms with Gasteiger partial charge in [-0.1, -0.05) is 42.5 Å². The van der Waals surface area contributed by atoms with Gasteiger partial charge in [-0.05, 0) is 17.7 Å². The molecular formula is C19H14N4O3. The number of rotatable bonds is 4. The quantitative estimate of drug-likeness (QED) is 0.703. The molecule has 1 aromatic heterocycles. The minimum absolute atomic E-state index is 0.0951. The van der Waals surface area contributed by atoms with Crippen LogP contribution in [-0.2, 0) is 6.54 Å². The first kappa shape index (κ1) is 16.9. The predicted molar refractivity (Wildman–Crippen MR) is 96.9 cm³/mol. The van der Waals surface area contributed by atoms with E-state index in [2.05, 4.69) is 9.98 Å². The molecule has 0 aliphatic heterocycles. The number of para-hydroxylation sites is 1. The lowest BCUT2D eigenvalue weighted by molar-refractivity contribution is 0.408. The first-order chi connectivity index (χ1) is 12.6. The summed E-state index contributed by atoms with van der Waals surface area (Å²) in [5.74, 6) is -0.485. The van der Waals surface area contributed by atoms with Crippen molar-refractivity contribution in [2.75, 3.05) is 0 Å². The maximum atomic E-state index is 12.1. The van der Waals surface area contributed by atoms with Crippen LogP contribution in [0, 0.1) is 11.3 Å². The van der Waals surface area contributed by atoms with Gasteiger partial charge in [-0.3, -0.25) is 19.3 Å². The first-order valence-electron chi connectivity index (χ1n) is 7.73. The summed E-state index contributed by atoms with van der Waals surface area (Å²) in [5.41, 5.74) is -0.157. The van der Waals surface area contributed by atoms with Gasteiger partial charge in [0.05, 0.1) is 17.8 Å². The van der Waals surface area contributed by atoms with Gasteiger partial charge in [-0.15, -0.1) is 0 Å². The van der Waals surface area contributed by atoms with E-state index in [1.54, 1.807) is 36.4 Å². The molecule has 128 valence electrons. The van der Waals surface area contributed by atoms with Gasteiger partial charge < -0.3 is 5.11 Å². The number of aliphatic imine (C=N–C) groups is 1. The van der Waals surface area contributed by atoms with Crippen molar-refractivity contribution in [2.45, 2.75) is 6.54 Å². The monoisotopic (exact) mass is 346 g/mol. The number of H-pyrrole nitrogens is 1. The summed E-state index contributed by atoms with van der Waals surface area (Å²) in [7, 11) is 0. The molecule has 0 aliphatic rings. The molecule has 7 heteroatoms. The van der Waals surface area contributed by atoms with Gasteiger partial charge in [-0.25, -0.2) is 4.79 Å². The standard InChI is InChI=1S/C19H14N4O3/c20-10-14-8-4-5-9-16(14)21-11-15-17(24)22-19(26)23(18(15)25)12-13-6-2-1-3-7-13/h1-9,11,25H,12H2,(H,22,24,26). The fourth-order valence-electron chi connectivity index (χ4n) is 2.42. The highest BCUT2D eigenvalue weighted by Gasteiger charge is 2.13. The van der Waals surface area contributed by atoms with Crippen LogP contribution in [0.25, 0.3) is 0 Å². The van der Waals surface area contributed by atoms with Crippen LogP contribution in [-0.4, -0.2) is 20.9 Å². The molecule has 0 saturated heterocycles. The first-order valence-corrected chi connectivity index (χ1v) is 7.73. The zero-order valence-electron chi connectivity index (χ0n) is 13.6. The third-order valence-corrected chi connectivity index (χ3v) is 3.75. The van der Waals surface area contributed by atoms with E-state index in [9.17, 15) is 14.7 Å². The Morgan fingerprint density at radius 2 is 1.81 bits per heavy atom. The second kappa shape index (κ2) is 7.32. The fourth-order valence-corrected chi connectivity index (χ4v) is 2.42. The van der Waals surface area contributed by atoms with Crippen LogP contribution in [0.4, 0.5) is 5.69 Å². The second-order valence-corrected chi connectivity index (χ2v) is 5.46. The smallest absolute Gasteiger partial charge is 0.331 e. The molecule has 0 saturated carbocycles. The zero-order valence-corrected chi connectivity index (χ0v) is 13.6. The van der Waals surface area contributed by atoms with Gasteiger partial charge in [-0.2, -0.15) is 5.26 Å². The SMILES string of the molecule is N#Cc1ccccc1N=Cc1c(O)n(Cc2ccccc2)c(=O)[nH]c1=O. The molecule has 0 aliphatic carbocycles. The van der Waals surface area contributed by atoms with Crippen molar-refractivity contribution in [2.24, 2.45) is 4.99 Å². The Hall–Kier alpha value is -3.92. The van der Waals surface area contributed by atoms with Crippen molar-refractivity contribution < 1.29 is 5.11 Å². The normalized spacial score (nSPS) is 10.7. The molecule has 7 nitrogen and oxygen atoms in total. The van der Waals surface area contributed by atoms with Gasteiger partial charge in [0.25, 0.3) is 5.56 Å². The average Bonchev–Trinajstić information content (AvgIpc) is 2.66. The highest BCUT2D eigenvalue weighted by atomic mass is 16.3. The average molecular weight is 346 g/mol. The highest BCUT2D eigenvalue weighted by Crippen LogP contribution is 2.18. The molecule has 0 atom stereocenters. The van der Waals surface area contributed by atoms with E-state index in [4.69, 9.17) is 5.26 Å². The molecule has 0 amide bonds. The Morgan fingerprint density at radius 1 is 1.12 bits per heavy atom. The number of nitriles is 1. The second-order valence-electron chi connectivity index (χ2n) is 5.46.